The van der Waals surface area contributed by atoms with Crippen LogP contribution < -0.4 is 0 Å². The highest BCUT2D eigenvalue weighted by Crippen LogP contribution is 2.08. The number of hydrogen-bond donors (Lipinski definition) is 2. The molecule has 1 rings (SSSR count). The molecule has 22 heavy (non-hydrogen) atoms. The summed E-state index contributed by atoms with van der Waals surface area (Å²) in [5.41, 5.74) is 1.05. The van der Waals surface area contributed by atoms with Gasteiger partial charge in [0.2, 0.25) is 0 Å². The van der Waals surface area contributed by atoms with Gasteiger partial charge in [0.25, 0.3) is 12.4 Å². The number of likely N-dealkylation sites (N-methyl/N-ethyl adjacent to an activating group) is 1. The van der Waals surface area contributed by atoms with Gasteiger partial charge in [-0.05, 0) is 33.2 Å². The Bertz CT molecular complexity index is 505. The molecule has 1 aromatic rings. The van der Waals surface area contributed by atoms with E-state index in [4.69, 9.17) is 15.0 Å². The van der Waals surface area contributed by atoms with Crippen LogP contribution in [-0.4, -0.2) is 77.1 Å². The van der Waals surface area contributed by atoms with Gasteiger partial charge >= 0.3 is 5.97 Å². The largest absolute Gasteiger partial charge is 0.483 e. The molecule has 1 aromatic heterocycles. The SMILES string of the molecule is Cc1ncccc1C(=O)N(CCN(C)C)CC(=O)O.O=CO. The predicted octanol–water partition coefficient (Wildman–Crippen LogP) is 0.179. The highest BCUT2D eigenvalue weighted by atomic mass is 16.4. The molecule has 8 nitrogen and oxygen atoms in total. The fourth-order valence-electron chi connectivity index (χ4n) is 1.62. The highest BCUT2D eigenvalue weighted by molar-refractivity contribution is 5.96. The van der Waals surface area contributed by atoms with Crippen LogP contribution in [0.1, 0.15) is 16.1 Å². The fourth-order valence-corrected chi connectivity index (χ4v) is 1.62. The molecule has 0 aromatic carbocycles. The summed E-state index contributed by atoms with van der Waals surface area (Å²) in [7, 11) is 3.75. The number of nitrogens with zero attached hydrogens (tertiary/aromatic N) is 3. The van der Waals surface area contributed by atoms with E-state index in [9.17, 15) is 9.59 Å². The molecule has 0 saturated heterocycles. The van der Waals surface area contributed by atoms with E-state index in [1.54, 1.807) is 25.3 Å². The van der Waals surface area contributed by atoms with Gasteiger partial charge in [-0.25, -0.2) is 0 Å². The smallest absolute Gasteiger partial charge is 0.323 e. The molecule has 1 heterocycles. The molecule has 0 saturated carbocycles. The van der Waals surface area contributed by atoms with E-state index in [1.807, 2.05) is 19.0 Å². The quantitative estimate of drug-likeness (QED) is 0.721. The average Bonchev–Trinajstić information content (AvgIpc) is 2.43. The summed E-state index contributed by atoms with van der Waals surface area (Å²) in [6.07, 6.45) is 1.60. The number of rotatable bonds is 6. The summed E-state index contributed by atoms with van der Waals surface area (Å²) in [6, 6.07) is 3.33. The van der Waals surface area contributed by atoms with E-state index in [0.717, 1.165) is 0 Å². The van der Waals surface area contributed by atoms with Crippen LogP contribution in [0.5, 0.6) is 0 Å². The lowest BCUT2D eigenvalue weighted by molar-refractivity contribution is -0.137. The normalized spacial score (nSPS) is 9.64. The van der Waals surface area contributed by atoms with Gasteiger partial charge < -0.3 is 20.0 Å². The minimum atomic E-state index is -1.02. The van der Waals surface area contributed by atoms with Crippen molar-refractivity contribution in [1.82, 2.24) is 14.8 Å². The zero-order chi connectivity index (χ0) is 17.1. The maximum Gasteiger partial charge on any atom is 0.323 e. The van der Waals surface area contributed by atoms with Crippen molar-refractivity contribution >= 4 is 18.3 Å². The summed E-state index contributed by atoms with van der Waals surface area (Å²) in [4.78, 5) is 38.8. The minimum absolute atomic E-state index is 0.250. The monoisotopic (exact) mass is 311 g/mol. The Morgan fingerprint density at radius 1 is 1.32 bits per heavy atom. The van der Waals surface area contributed by atoms with Crippen molar-refractivity contribution in [3.63, 3.8) is 0 Å². The van der Waals surface area contributed by atoms with Crippen molar-refractivity contribution in [3.8, 4) is 0 Å². The van der Waals surface area contributed by atoms with Crippen LogP contribution in [0, 0.1) is 6.92 Å². The molecule has 0 atom stereocenters. The number of aliphatic carboxylic acids is 1. The second-order valence-corrected chi connectivity index (χ2v) is 4.67. The van der Waals surface area contributed by atoms with Gasteiger partial charge in [-0.1, -0.05) is 0 Å². The van der Waals surface area contributed by atoms with E-state index in [2.05, 4.69) is 4.98 Å². The van der Waals surface area contributed by atoms with Crippen molar-refractivity contribution in [3.05, 3.63) is 29.6 Å². The number of aryl methyl sites for hydroxylation is 1. The third kappa shape index (κ3) is 7.34. The number of carbonyl (C=O) groups is 3. The van der Waals surface area contributed by atoms with E-state index in [1.165, 1.54) is 4.90 Å². The Labute approximate surface area is 129 Å². The molecule has 0 unspecified atom stereocenters. The Hall–Kier alpha value is -2.48. The van der Waals surface area contributed by atoms with E-state index < -0.39 is 5.97 Å². The molecule has 122 valence electrons. The van der Waals surface area contributed by atoms with Crippen LogP contribution in [0.3, 0.4) is 0 Å². The van der Waals surface area contributed by atoms with Crippen molar-refractivity contribution in [2.45, 2.75) is 6.92 Å². The third-order valence-electron chi connectivity index (χ3n) is 2.67. The first-order chi connectivity index (χ1) is 10.3. The molecule has 0 aliphatic rings. The van der Waals surface area contributed by atoms with Crippen LogP contribution in [0.2, 0.25) is 0 Å². The third-order valence-corrected chi connectivity index (χ3v) is 2.67. The molecular weight excluding hydrogens is 290 g/mol. The van der Waals surface area contributed by atoms with Gasteiger partial charge in [0.05, 0.1) is 5.56 Å². The number of hydrogen-bond acceptors (Lipinski definition) is 5. The lowest BCUT2D eigenvalue weighted by Gasteiger charge is -2.23. The average molecular weight is 311 g/mol. The van der Waals surface area contributed by atoms with E-state index in [0.29, 0.717) is 24.3 Å². The number of pyridine rings is 1. The van der Waals surface area contributed by atoms with E-state index in [-0.39, 0.29) is 18.9 Å². The Morgan fingerprint density at radius 2 is 1.91 bits per heavy atom. The van der Waals surface area contributed by atoms with Gasteiger partial charge in [0.15, 0.2) is 0 Å². The van der Waals surface area contributed by atoms with Crippen molar-refractivity contribution in [1.29, 1.82) is 0 Å². The molecular formula is C14H21N3O5. The van der Waals surface area contributed by atoms with Gasteiger partial charge in [-0.2, -0.15) is 0 Å². The molecule has 0 radical (unpaired) electrons. The topological polar surface area (TPSA) is 111 Å². The summed E-state index contributed by atoms with van der Waals surface area (Å²) < 4.78 is 0. The second-order valence-electron chi connectivity index (χ2n) is 4.67. The molecule has 0 bridgehead atoms. The second kappa shape index (κ2) is 10.3. The van der Waals surface area contributed by atoms with Crippen LogP contribution in [0.25, 0.3) is 0 Å². The Morgan fingerprint density at radius 3 is 2.36 bits per heavy atom. The van der Waals surface area contributed by atoms with Gasteiger partial charge in [-0.3, -0.25) is 19.4 Å². The number of aromatic nitrogens is 1. The summed E-state index contributed by atoms with van der Waals surface area (Å²) >= 11 is 0. The molecule has 0 aliphatic heterocycles. The van der Waals surface area contributed by atoms with Gasteiger partial charge in [0.1, 0.15) is 6.54 Å². The molecule has 0 aliphatic carbocycles. The molecule has 8 heteroatoms. The van der Waals surface area contributed by atoms with Crippen LogP contribution in [-0.2, 0) is 9.59 Å². The first-order valence-corrected chi connectivity index (χ1v) is 6.48. The summed E-state index contributed by atoms with van der Waals surface area (Å²) in [5.74, 6) is -1.32. The Balaban J connectivity index is 0.00000135. The van der Waals surface area contributed by atoms with Crippen LogP contribution >= 0.6 is 0 Å². The molecule has 0 spiro atoms. The number of carbonyl (C=O) groups excluding carboxylic acids is 1. The molecule has 1 amide bonds. The maximum absolute atomic E-state index is 12.3. The highest BCUT2D eigenvalue weighted by Gasteiger charge is 2.20. The lowest BCUT2D eigenvalue weighted by atomic mass is 10.2. The zero-order valence-corrected chi connectivity index (χ0v) is 12.9. The fraction of sp³-hybridized carbons (Fsp3) is 0.429. The zero-order valence-electron chi connectivity index (χ0n) is 12.9. The predicted molar refractivity (Wildman–Crippen MR) is 79.8 cm³/mol. The van der Waals surface area contributed by atoms with E-state index >= 15 is 0 Å². The van der Waals surface area contributed by atoms with Gasteiger partial charge in [-0.15, -0.1) is 0 Å². The first kappa shape index (κ1) is 19.5. The maximum atomic E-state index is 12.3. The first-order valence-electron chi connectivity index (χ1n) is 6.48. The van der Waals surface area contributed by atoms with Crippen LogP contribution in [0.4, 0.5) is 0 Å². The summed E-state index contributed by atoms with van der Waals surface area (Å²) in [6.45, 7) is 2.16. The summed E-state index contributed by atoms with van der Waals surface area (Å²) in [5, 5.41) is 15.8. The number of amides is 1. The molecule has 0 fully saturated rings. The Kier molecular flexibility index (Phi) is 9.12. The lowest BCUT2D eigenvalue weighted by Crippen LogP contribution is -2.40. The standard InChI is InChI=1S/C13H19N3O3.CH2O2/c1-10-11(5-4-6-14-10)13(19)16(9-12(17)18)8-7-15(2)3;2-1-3/h4-6H,7-9H2,1-3H3,(H,17,18);1H,(H,2,3). The molecule has 2 N–H and O–H groups in total. The van der Waals surface area contributed by atoms with Crippen molar-refractivity contribution < 1.29 is 24.6 Å². The minimum Gasteiger partial charge on any atom is -0.483 e. The number of carboxylic acid groups (broad SMARTS) is 2. The van der Waals surface area contributed by atoms with Gasteiger partial charge in [0, 0.05) is 25.0 Å². The van der Waals surface area contributed by atoms with Crippen molar-refractivity contribution in [2.75, 3.05) is 33.7 Å². The number of carboxylic acids is 1. The van der Waals surface area contributed by atoms with Crippen LogP contribution in [0.15, 0.2) is 18.3 Å². The van der Waals surface area contributed by atoms with Crippen molar-refractivity contribution in [2.24, 2.45) is 0 Å².